The molecule has 2 rings (SSSR count). The van der Waals surface area contributed by atoms with Gasteiger partial charge < -0.3 is 10.6 Å². The smallest absolute Gasteiger partial charge is 0.224 e. The molecular weight excluding hydrogens is 256 g/mol. The molecule has 1 saturated carbocycles. The normalized spacial score (nSPS) is 17.1. The Labute approximate surface area is 119 Å². The summed E-state index contributed by atoms with van der Waals surface area (Å²) in [7, 11) is 0. The lowest BCUT2D eigenvalue weighted by Crippen LogP contribution is -2.37. The maximum atomic E-state index is 11.7. The first kappa shape index (κ1) is 14.5. The summed E-state index contributed by atoms with van der Waals surface area (Å²) in [5, 5.41) is 10.6. The van der Waals surface area contributed by atoms with Gasteiger partial charge in [0.1, 0.15) is 0 Å². The van der Waals surface area contributed by atoms with Crippen molar-refractivity contribution < 1.29 is 4.79 Å². The van der Waals surface area contributed by atoms with Gasteiger partial charge in [-0.15, -0.1) is 0 Å². The molecule has 1 fully saturated rings. The van der Waals surface area contributed by atoms with Crippen LogP contribution >= 0.6 is 11.3 Å². The van der Waals surface area contributed by atoms with Crippen molar-refractivity contribution in [3.05, 3.63) is 22.4 Å². The summed E-state index contributed by atoms with van der Waals surface area (Å²) >= 11 is 1.64. The highest BCUT2D eigenvalue weighted by Gasteiger charge is 2.11. The van der Waals surface area contributed by atoms with E-state index in [1.165, 1.54) is 38.5 Å². The Kier molecular flexibility index (Phi) is 6.37. The molecule has 1 aliphatic carbocycles. The molecule has 0 bridgehead atoms. The first-order valence-electron chi connectivity index (χ1n) is 7.36. The Morgan fingerprint density at radius 1 is 1.21 bits per heavy atom. The van der Waals surface area contributed by atoms with E-state index in [0.717, 1.165) is 18.7 Å². The predicted molar refractivity (Wildman–Crippen MR) is 80.5 cm³/mol. The van der Waals surface area contributed by atoms with E-state index in [-0.39, 0.29) is 5.91 Å². The molecule has 1 aliphatic rings. The maximum absolute atomic E-state index is 11.7. The van der Waals surface area contributed by atoms with Gasteiger partial charge in [0.05, 0.1) is 6.42 Å². The van der Waals surface area contributed by atoms with E-state index in [9.17, 15) is 4.79 Å². The van der Waals surface area contributed by atoms with Gasteiger partial charge in [-0.05, 0) is 35.2 Å². The SMILES string of the molecule is O=C(Cc1ccsc1)NCCNC1CCCCCC1. The monoisotopic (exact) mass is 280 g/mol. The molecule has 0 radical (unpaired) electrons. The van der Waals surface area contributed by atoms with Crippen molar-refractivity contribution in [3.8, 4) is 0 Å². The summed E-state index contributed by atoms with van der Waals surface area (Å²) < 4.78 is 0. The molecule has 0 aliphatic heterocycles. The van der Waals surface area contributed by atoms with Crippen LogP contribution in [0.25, 0.3) is 0 Å². The van der Waals surface area contributed by atoms with Crippen LogP contribution in [0.5, 0.6) is 0 Å². The van der Waals surface area contributed by atoms with E-state index >= 15 is 0 Å². The molecule has 19 heavy (non-hydrogen) atoms. The topological polar surface area (TPSA) is 41.1 Å². The summed E-state index contributed by atoms with van der Waals surface area (Å²) in [6.07, 6.45) is 8.56. The van der Waals surface area contributed by atoms with Crippen molar-refractivity contribution in [2.24, 2.45) is 0 Å². The molecule has 3 nitrogen and oxygen atoms in total. The van der Waals surface area contributed by atoms with E-state index in [1.54, 1.807) is 11.3 Å². The second-order valence-corrected chi connectivity index (χ2v) is 6.08. The first-order valence-corrected chi connectivity index (χ1v) is 8.30. The maximum Gasteiger partial charge on any atom is 0.224 e. The minimum absolute atomic E-state index is 0.126. The van der Waals surface area contributed by atoms with Gasteiger partial charge in [-0.3, -0.25) is 4.79 Å². The van der Waals surface area contributed by atoms with Crippen LogP contribution in [0.3, 0.4) is 0 Å². The van der Waals surface area contributed by atoms with Gasteiger partial charge in [0.15, 0.2) is 0 Å². The van der Waals surface area contributed by atoms with Crippen molar-refractivity contribution in [1.29, 1.82) is 0 Å². The molecule has 0 aromatic carbocycles. The van der Waals surface area contributed by atoms with Gasteiger partial charge in [0.2, 0.25) is 5.91 Å². The summed E-state index contributed by atoms with van der Waals surface area (Å²) in [5.74, 6) is 0.126. The third-order valence-corrected chi connectivity index (χ3v) is 4.41. The highest BCUT2D eigenvalue weighted by molar-refractivity contribution is 7.07. The molecule has 2 N–H and O–H groups in total. The molecule has 1 heterocycles. The van der Waals surface area contributed by atoms with E-state index in [2.05, 4.69) is 10.6 Å². The van der Waals surface area contributed by atoms with Crippen LogP contribution < -0.4 is 10.6 Å². The number of carbonyl (C=O) groups excluding carboxylic acids is 1. The average molecular weight is 280 g/mol. The van der Waals surface area contributed by atoms with Crippen LogP contribution in [0, 0.1) is 0 Å². The highest BCUT2D eigenvalue weighted by atomic mass is 32.1. The van der Waals surface area contributed by atoms with Crippen molar-refractivity contribution in [2.45, 2.75) is 51.0 Å². The molecule has 1 aromatic heterocycles. The summed E-state index contributed by atoms with van der Waals surface area (Å²) in [6, 6.07) is 2.67. The number of rotatable bonds is 6. The van der Waals surface area contributed by atoms with Crippen LogP contribution in [0.2, 0.25) is 0 Å². The Hall–Kier alpha value is -0.870. The Balaban J connectivity index is 1.54. The zero-order chi connectivity index (χ0) is 13.3. The Morgan fingerprint density at radius 3 is 2.68 bits per heavy atom. The zero-order valence-corrected chi connectivity index (χ0v) is 12.3. The fraction of sp³-hybridized carbons (Fsp3) is 0.667. The van der Waals surface area contributed by atoms with Crippen LogP contribution in [-0.4, -0.2) is 25.0 Å². The van der Waals surface area contributed by atoms with E-state index < -0.39 is 0 Å². The largest absolute Gasteiger partial charge is 0.355 e. The fourth-order valence-electron chi connectivity index (χ4n) is 2.60. The quantitative estimate of drug-likeness (QED) is 0.621. The van der Waals surface area contributed by atoms with Gasteiger partial charge in [0, 0.05) is 19.1 Å². The highest BCUT2D eigenvalue weighted by Crippen LogP contribution is 2.16. The van der Waals surface area contributed by atoms with Crippen LogP contribution in [-0.2, 0) is 11.2 Å². The van der Waals surface area contributed by atoms with Crippen molar-refractivity contribution in [1.82, 2.24) is 10.6 Å². The molecule has 4 heteroatoms. The molecule has 0 saturated heterocycles. The molecule has 0 spiro atoms. The summed E-state index contributed by atoms with van der Waals surface area (Å²) in [6.45, 7) is 1.62. The second-order valence-electron chi connectivity index (χ2n) is 5.30. The van der Waals surface area contributed by atoms with Crippen molar-refractivity contribution in [3.63, 3.8) is 0 Å². The van der Waals surface area contributed by atoms with Gasteiger partial charge in [-0.1, -0.05) is 25.7 Å². The van der Waals surface area contributed by atoms with Gasteiger partial charge in [0.25, 0.3) is 0 Å². The lowest BCUT2D eigenvalue weighted by atomic mass is 10.1. The number of nitrogens with one attached hydrogen (secondary N) is 2. The summed E-state index contributed by atoms with van der Waals surface area (Å²) in [5.41, 5.74) is 1.11. The predicted octanol–water partition coefficient (Wildman–Crippen LogP) is 2.72. The van der Waals surface area contributed by atoms with Gasteiger partial charge in [-0.2, -0.15) is 11.3 Å². The lowest BCUT2D eigenvalue weighted by Gasteiger charge is -2.16. The standard InChI is InChI=1S/C15H24N2OS/c18-15(11-13-7-10-19-12-13)17-9-8-16-14-5-3-1-2-4-6-14/h7,10,12,14,16H,1-6,8-9,11H2,(H,17,18). The molecular formula is C15H24N2OS. The lowest BCUT2D eigenvalue weighted by molar-refractivity contribution is -0.120. The van der Waals surface area contributed by atoms with E-state index in [0.29, 0.717) is 12.5 Å². The Morgan fingerprint density at radius 2 is 2.00 bits per heavy atom. The van der Waals surface area contributed by atoms with Crippen LogP contribution in [0.15, 0.2) is 16.8 Å². The number of hydrogen-bond donors (Lipinski definition) is 2. The average Bonchev–Trinajstić information content (AvgIpc) is 2.76. The zero-order valence-electron chi connectivity index (χ0n) is 11.5. The third kappa shape index (κ3) is 5.74. The first-order chi connectivity index (χ1) is 9.34. The molecule has 1 aromatic rings. The Bertz CT molecular complexity index is 356. The van der Waals surface area contributed by atoms with Crippen molar-refractivity contribution >= 4 is 17.2 Å². The van der Waals surface area contributed by atoms with Crippen molar-refractivity contribution in [2.75, 3.05) is 13.1 Å². The minimum atomic E-state index is 0.126. The number of thiophene rings is 1. The van der Waals surface area contributed by atoms with E-state index in [4.69, 9.17) is 0 Å². The molecule has 0 atom stereocenters. The third-order valence-electron chi connectivity index (χ3n) is 3.68. The van der Waals surface area contributed by atoms with E-state index in [1.807, 2.05) is 16.8 Å². The number of amides is 1. The van der Waals surface area contributed by atoms with Gasteiger partial charge in [-0.25, -0.2) is 0 Å². The molecule has 0 unspecified atom stereocenters. The number of carbonyl (C=O) groups is 1. The van der Waals surface area contributed by atoms with Crippen LogP contribution in [0.4, 0.5) is 0 Å². The second kappa shape index (κ2) is 8.33. The number of hydrogen-bond acceptors (Lipinski definition) is 3. The minimum Gasteiger partial charge on any atom is -0.355 e. The molecule has 106 valence electrons. The van der Waals surface area contributed by atoms with Gasteiger partial charge >= 0.3 is 0 Å². The molecule has 1 amide bonds. The fourth-order valence-corrected chi connectivity index (χ4v) is 3.27. The summed E-state index contributed by atoms with van der Waals surface area (Å²) in [4.78, 5) is 11.7. The van der Waals surface area contributed by atoms with Crippen LogP contribution in [0.1, 0.15) is 44.1 Å².